The van der Waals surface area contributed by atoms with Gasteiger partial charge in [-0.1, -0.05) is 0 Å². The van der Waals surface area contributed by atoms with Gasteiger partial charge in [0.2, 0.25) is 0 Å². The van der Waals surface area contributed by atoms with E-state index in [1.807, 2.05) is 0 Å². The number of nitrogens with two attached hydrogens (primary N) is 1. The molecule has 2 nitrogen and oxygen atoms in total. The predicted molar refractivity (Wildman–Crippen MR) is 40.1 cm³/mol. The standard InChI is InChI=1S/C7H11F6NO/c8-6(9,10)2-1-3-15-5(4-14)7(11,12)13/h5H,1-4,14H2. The number of ether oxygens (including phenoxy) is 1. The Morgan fingerprint density at radius 3 is 1.93 bits per heavy atom. The van der Waals surface area contributed by atoms with Gasteiger partial charge in [0.25, 0.3) is 0 Å². The van der Waals surface area contributed by atoms with Gasteiger partial charge in [-0.25, -0.2) is 0 Å². The fraction of sp³-hybridized carbons (Fsp3) is 1.00. The maximum Gasteiger partial charge on any atom is 0.415 e. The van der Waals surface area contributed by atoms with Crippen LogP contribution in [0.4, 0.5) is 26.3 Å². The zero-order chi connectivity index (χ0) is 12.1. The molecule has 0 heterocycles. The van der Waals surface area contributed by atoms with E-state index in [1.54, 1.807) is 0 Å². The van der Waals surface area contributed by atoms with E-state index < -0.39 is 44.4 Å². The molecule has 8 heteroatoms. The third-order valence-electron chi connectivity index (χ3n) is 1.50. The second-order valence-corrected chi connectivity index (χ2v) is 2.86. The summed E-state index contributed by atoms with van der Waals surface area (Å²) in [6.45, 7) is -1.41. The van der Waals surface area contributed by atoms with Gasteiger partial charge < -0.3 is 10.5 Å². The van der Waals surface area contributed by atoms with Gasteiger partial charge in [-0.3, -0.25) is 0 Å². The van der Waals surface area contributed by atoms with Crippen molar-refractivity contribution in [2.24, 2.45) is 5.73 Å². The van der Waals surface area contributed by atoms with E-state index in [9.17, 15) is 26.3 Å². The Kier molecular flexibility index (Phi) is 5.36. The zero-order valence-electron chi connectivity index (χ0n) is 7.66. The summed E-state index contributed by atoms with van der Waals surface area (Å²) in [7, 11) is 0. The summed E-state index contributed by atoms with van der Waals surface area (Å²) in [6.07, 6.45) is -12.9. The maximum atomic E-state index is 12.0. The van der Waals surface area contributed by atoms with E-state index in [0.29, 0.717) is 0 Å². The summed E-state index contributed by atoms with van der Waals surface area (Å²) < 4.78 is 74.8. The van der Waals surface area contributed by atoms with E-state index >= 15 is 0 Å². The van der Waals surface area contributed by atoms with Crippen LogP contribution < -0.4 is 5.73 Å². The summed E-state index contributed by atoms with van der Waals surface area (Å²) in [5.41, 5.74) is 4.76. The summed E-state index contributed by atoms with van der Waals surface area (Å²) in [5.74, 6) is 0. The highest BCUT2D eigenvalue weighted by Crippen LogP contribution is 2.24. The van der Waals surface area contributed by atoms with Crippen molar-refractivity contribution in [1.29, 1.82) is 0 Å². The highest BCUT2D eigenvalue weighted by Gasteiger charge is 2.39. The third-order valence-corrected chi connectivity index (χ3v) is 1.50. The van der Waals surface area contributed by atoms with Gasteiger partial charge in [0.15, 0.2) is 6.10 Å². The molecule has 0 aromatic rings. The first-order valence-electron chi connectivity index (χ1n) is 4.12. The number of alkyl halides is 6. The Labute approximate surface area is 82.4 Å². The quantitative estimate of drug-likeness (QED) is 0.589. The van der Waals surface area contributed by atoms with Crippen LogP contribution in [-0.4, -0.2) is 31.6 Å². The van der Waals surface area contributed by atoms with E-state index in [-0.39, 0.29) is 0 Å². The van der Waals surface area contributed by atoms with Crippen LogP contribution in [0, 0.1) is 0 Å². The molecule has 1 atom stereocenters. The second kappa shape index (κ2) is 5.55. The number of hydrogen-bond donors (Lipinski definition) is 1. The van der Waals surface area contributed by atoms with Gasteiger partial charge in [-0.05, 0) is 6.42 Å². The van der Waals surface area contributed by atoms with Crippen molar-refractivity contribution in [1.82, 2.24) is 0 Å². The minimum Gasteiger partial charge on any atom is -0.367 e. The number of halogens is 6. The van der Waals surface area contributed by atoms with Crippen LogP contribution in [0.25, 0.3) is 0 Å². The van der Waals surface area contributed by atoms with Gasteiger partial charge in [-0.15, -0.1) is 0 Å². The molecule has 1 unspecified atom stereocenters. The third kappa shape index (κ3) is 7.43. The molecule has 0 rings (SSSR count). The minimum absolute atomic E-state index is 0.504. The Bertz CT molecular complexity index is 177. The van der Waals surface area contributed by atoms with Crippen molar-refractivity contribution in [3.63, 3.8) is 0 Å². The Balaban J connectivity index is 3.75. The Morgan fingerprint density at radius 2 is 1.60 bits per heavy atom. The number of hydrogen-bond acceptors (Lipinski definition) is 2. The summed E-state index contributed by atoms with van der Waals surface area (Å²) in [5, 5.41) is 0. The van der Waals surface area contributed by atoms with Crippen molar-refractivity contribution < 1.29 is 31.1 Å². The van der Waals surface area contributed by atoms with Crippen molar-refractivity contribution in [2.45, 2.75) is 31.3 Å². The SMILES string of the molecule is NCC(OCCCC(F)(F)F)C(F)(F)F. The molecule has 0 amide bonds. The highest BCUT2D eigenvalue weighted by atomic mass is 19.4. The summed E-state index contributed by atoms with van der Waals surface area (Å²) in [4.78, 5) is 0. The molecule has 0 saturated carbocycles. The maximum absolute atomic E-state index is 12.0. The monoisotopic (exact) mass is 239 g/mol. The smallest absolute Gasteiger partial charge is 0.367 e. The lowest BCUT2D eigenvalue weighted by atomic mass is 10.3. The fourth-order valence-electron chi connectivity index (χ4n) is 0.794. The molecule has 0 fully saturated rings. The minimum atomic E-state index is -4.63. The first-order chi connectivity index (χ1) is 6.67. The fourth-order valence-corrected chi connectivity index (χ4v) is 0.794. The van der Waals surface area contributed by atoms with Gasteiger partial charge >= 0.3 is 12.4 Å². The molecule has 15 heavy (non-hydrogen) atoms. The first kappa shape index (κ1) is 14.5. The van der Waals surface area contributed by atoms with Gasteiger partial charge in [0.1, 0.15) is 0 Å². The molecule has 0 spiro atoms. The van der Waals surface area contributed by atoms with Crippen molar-refractivity contribution in [3.05, 3.63) is 0 Å². The molecule has 92 valence electrons. The highest BCUT2D eigenvalue weighted by molar-refractivity contribution is 4.68. The molecule has 0 aliphatic heterocycles. The predicted octanol–water partition coefficient (Wildman–Crippen LogP) is 2.24. The van der Waals surface area contributed by atoms with E-state index in [4.69, 9.17) is 5.73 Å². The molecular formula is C7H11F6NO. The lowest BCUT2D eigenvalue weighted by Gasteiger charge is -2.19. The van der Waals surface area contributed by atoms with Crippen molar-refractivity contribution in [3.8, 4) is 0 Å². The molecule has 0 saturated heterocycles. The molecular weight excluding hydrogens is 228 g/mol. The van der Waals surface area contributed by atoms with Gasteiger partial charge in [0.05, 0.1) is 0 Å². The lowest BCUT2D eigenvalue weighted by molar-refractivity contribution is -0.218. The topological polar surface area (TPSA) is 35.2 Å². The van der Waals surface area contributed by atoms with Crippen LogP contribution in [0.5, 0.6) is 0 Å². The molecule has 0 bridgehead atoms. The lowest BCUT2D eigenvalue weighted by Crippen LogP contribution is -2.38. The molecule has 0 aromatic carbocycles. The van der Waals surface area contributed by atoms with E-state index in [2.05, 4.69) is 4.74 Å². The average Bonchev–Trinajstić information content (AvgIpc) is 1.99. The van der Waals surface area contributed by atoms with Crippen LogP contribution in [0.2, 0.25) is 0 Å². The summed E-state index contributed by atoms with van der Waals surface area (Å²) in [6, 6.07) is 0. The van der Waals surface area contributed by atoms with Crippen LogP contribution in [0.1, 0.15) is 12.8 Å². The zero-order valence-corrected chi connectivity index (χ0v) is 7.66. The van der Waals surface area contributed by atoms with E-state index in [0.717, 1.165) is 0 Å². The Hall–Kier alpha value is -0.500. The second-order valence-electron chi connectivity index (χ2n) is 2.86. The van der Waals surface area contributed by atoms with Crippen LogP contribution in [0.15, 0.2) is 0 Å². The molecule has 0 aliphatic rings. The molecule has 2 N–H and O–H groups in total. The normalized spacial score (nSPS) is 15.4. The van der Waals surface area contributed by atoms with Crippen LogP contribution in [-0.2, 0) is 4.74 Å². The van der Waals surface area contributed by atoms with Crippen molar-refractivity contribution >= 4 is 0 Å². The summed E-state index contributed by atoms with van der Waals surface area (Å²) >= 11 is 0. The molecule has 0 radical (unpaired) electrons. The van der Waals surface area contributed by atoms with E-state index in [1.165, 1.54) is 0 Å². The van der Waals surface area contributed by atoms with Gasteiger partial charge in [0, 0.05) is 19.6 Å². The van der Waals surface area contributed by atoms with Crippen LogP contribution in [0.3, 0.4) is 0 Å². The number of rotatable bonds is 5. The average molecular weight is 239 g/mol. The molecule has 0 aliphatic carbocycles. The first-order valence-corrected chi connectivity index (χ1v) is 4.12. The van der Waals surface area contributed by atoms with Crippen molar-refractivity contribution in [2.75, 3.05) is 13.2 Å². The van der Waals surface area contributed by atoms with Crippen LogP contribution >= 0.6 is 0 Å². The Morgan fingerprint density at radius 1 is 1.07 bits per heavy atom. The molecule has 0 aromatic heterocycles. The largest absolute Gasteiger partial charge is 0.415 e. The van der Waals surface area contributed by atoms with Gasteiger partial charge in [-0.2, -0.15) is 26.3 Å².